The van der Waals surface area contributed by atoms with Crippen LogP contribution in [0, 0.1) is 11.8 Å². The monoisotopic (exact) mass is 284 g/mol. The third-order valence-corrected chi connectivity index (χ3v) is 8.53. The summed E-state index contributed by atoms with van der Waals surface area (Å²) in [6, 6.07) is 0. The van der Waals surface area contributed by atoms with Gasteiger partial charge in [0.15, 0.2) is 0 Å². The lowest BCUT2D eigenvalue weighted by Crippen LogP contribution is -2.40. The first kappa shape index (κ1) is 18.4. The van der Waals surface area contributed by atoms with E-state index in [1.165, 1.54) is 6.42 Å². The molecule has 2 nitrogen and oxygen atoms in total. The Morgan fingerprint density at radius 3 is 1.89 bits per heavy atom. The van der Waals surface area contributed by atoms with Crippen LogP contribution in [-0.2, 0) is 4.79 Å². The van der Waals surface area contributed by atoms with E-state index >= 15 is 0 Å². The first-order chi connectivity index (χ1) is 8.51. The Kier molecular flexibility index (Phi) is 6.53. The maximum atomic E-state index is 11.5. The van der Waals surface area contributed by atoms with Crippen molar-refractivity contribution in [2.45, 2.75) is 71.4 Å². The first-order valence-corrected chi connectivity index (χ1v) is 8.85. The molecule has 0 bridgehead atoms. The van der Waals surface area contributed by atoms with Crippen molar-refractivity contribution < 1.29 is 9.90 Å². The molecule has 19 heavy (non-hydrogen) atoms. The predicted molar refractivity (Wildman–Crippen MR) is 86.6 cm³/mol. The van der Waals surface area contributed by atoms with Crippen LogP contribution in [0.25, 0.3) is 0 Å². The summed E-state index contributed by atoms with van der Waals surface area (Å²) < 4.78 is 0. The van der Waals surface area contributed by atoms with Gasteiger partial charge < -0.3 is 5.11 Å². The molecule has 0 saturated heterocycles. The van der Waals surface area contributed by atoms with Gasteiger partial charge in [-0.3, -0.25) is 0 Å². The van der Waals surface area contributed by atoms with Crippen molar-refractivity contribution in [2.24, 2.45) is 11.8 Å². The number of carboxylic acid groups (broad SMARTS) is 1. The number of carbonyl (C=O) groups is 1. The average Bonchev–Trinajstić information content (AvgIpc) is 2.23. The van der Waals surface area contributed by atoms with Crippen LogP contribution >= 0.6 is 0 Å². The van der Waals surface area contributed by atoms with Crippen LogP contribution in [0.5, 0.6) is 0 Å². The molecule has 0 aromatic heterocycles. The summed E-state index contributed by atoms with van der Waals surface area (Å²) in [5.74, 6) is -0.153. The number of carboxylic acids is 1. The van der Waals surface area contributed by atoms with E-state index < -0.39 is 15.5 Å². The molecule has 0 saturated carbocycles. The van der Waals surface area contributed by atoms with E-state index in [0.29, 0.717) is 17.4 Å². The summed E-state index contributed by atoms with van der Waals surface area (Å²) in [6.45, 7) is 19.4. The van der Waals surface area contributed by atoms with Crippen LogP contribution < -0.4 is 0 Å². The van der Waals surface area contributed by atoms with E-state index in [9.17, 15) is 9.90 Å². The maximum Gasteiger partial charge on any atom is 0.331 e. The summed E-state index contributed by atoms with van der Waals surface area (Å²) in [5, 5.41) is 9.55. The molecule has 0 aliphatic carbocycles. The maximum absolute atomic E-state index is 11.5. The molecule has 0 atom stereocenters. The van der Waals surface area contributed by atoms with Crippen LogP contribution in [0.4, 0.5) is 0 Å². The van der Waals surface area contributed by atoms with E-state index in [-0.39, 0.29) is 10.1 Å². The second-order valence-electron chi connectivity index (χ2n) is 7.22. The molecule has 1 N–H and O–H groups in total. The quantitative estimate of drug-likeness (QED) is 0.534. The van der Waals surface area contributed by atoms with E-state index in [4.69, 9.17) is 0 Å². The zero-order valence-corrected chi connectivity index (χ0v) is 15.3. The lowest BCUT2D eigenvalue weighted by Gasteiger charge is -2.46. The predicted octanol–water partition coefficient (Wildman–Crippen LogP) is 4.27. The third kappa shape index (κ3) is 4.20. The molecule has 112 valence electrons. The van der Waals surface area contributed by atoms with Crippen molar-refractivity contribution in [3.8, 4) is 0 Å². The van der Waals surface area contributed by atoms with Crippen LogP contribution in [0.3, 0.4) is 0 Å². The smallest absolute Gasteiger partial charge is 0.331 e. The average molecular weight is 285 g/mol. The van der Waals surface area contributed by atoms with Gasteiger partial charge in [0.2, 0.25) is 0 Å². The Bertz CT molecular complexity index is 322. The van der Waals surface area contributed by atoms with Gasteiger partial charge in [-0.2, -0.15) is 0 Å². The fourth-order valence-electron chi connectivity index (χ4n) is 3.63. The Labute approximate surface area is 121 Å². The highest BCUT2D eigenvalue weighted by Crippen LogP contribution is 2.54. The molecule has 0 aliphatic rings. The van der Waals surface area contributed by atoms with E-state index in [1.807, 2.05) is 0 Å². The Morgan fingerprint density at radius 2 is 1.63 bits per heavy atom. The second kappa shape index (κ2) is 6.73. The van der Waals surface area contributed by atoms with Gasteiger partial charge in [-0.15, -0.1) is 0 Å². The number of rotatable bonds is 8. The minimum atomic E-state index is -0.817. The molecular formula is C16H32O2Si. The summed E-state index contributed by atoms with van der Waals surface area (Å²) in [7, 11) is -0.630. The van der Waals surface area contributed by atoms with Crippen molar-refractivity contribution >= 4 is 15.5 Å². The molecule has 0 spiro atoms. The SMILES string of the molecule is C=C(C(=O)O)C([SiH2]C(C)(C)CCC)(C(C)C)C(C)C. The molecule has 0 aromatic carbocycles. The lowest BCUT2D eigenvalue weighted by molar-refractivity contribution is -0.133. The molecular weight excluding hydrogens is 252 g/mol. The van der Waals surface area contributed by atoms with Crippen molar-refractivity contribution in [1.29, 1.82) is 0 Å². The van der Waals surface area contributed by atoms with Gasteiger partial charge in [-0.05, 0) is 21.9 Å². The molecule has 3 heteroatoms. The summed E-state index contributed by atoms with van der Waals surface area (Å²) in [6.07, 6.45) is 2.33. The van der Waals surface area contributed by atoms with Crippen molar-refractivity contribution in [3.63, 3.8) is 0 Å². The van der Waals surface area contributed by atoms with E-state index in [1.54, 1.807) is 0 Å². The highest BCUT2D eigenvalue weighted by molar-refractivity contribution is 6.46. The Balaban J connectivity index is 5.62. The molecule has 0 aliphatic heterocycles. The topological polar surface area (TPSA) is 37.3 Å². The molecule has 0 unspecified atom stereocenters. The number of aliphatic carboxylic acids is 1. The van der Waals surface area contributed by atoms with E-state index in [0.717, 1.165) is 6.42 Å². The van der Waals surface area contributed by atoms with Crippen LogP contribution in [0.15, 0.2) is 12.2 Å². The minimum Gasteiger partial charge on any atom is -0.478 e. The molecule has 0 aromatic rings. The Morgan fingerprint density at radius 1 is 1.21 bits per heavy atom. The van der Waals surface area contributed by atoms with Gasteiger partial charge >= 0.3 is 5.97 Å². The highest BCUT2D eigenvalue weighted by atomic mass is 28.2. The van der Waals surface area contributed by atoms with Crippen LogP contribution in [0.1, 0.15) is 61.3 Å². The lowest BCUT2D eigenvalue weighted by atomic mass is 9.78. The zero-order chi connectivity index (χ0) is 15.4. The number of hydrogen-bond donors (Lipinski definition) is 1. The third-order valence-electron chi connectivity index (χ3n) is 4.58. The zero-order valence-electron chi connectivity index (χ0n) is 13.8. The standard InChI is InChI=1S/C16H32O2Si/c1-9-10-15(7,8)19-16(11(2)3,12(4)5)13(6)14(17)18/h11-12H,6,9-10,19H2,1-5,7-8H3,(H,17,18). The summed E-state index contributed by atoms with van der Waals surface area (Å²) in [5.41, 5.74) is 0.438. The normalized spacial score (nSPS) is 13.7. The van der Waals surface area contributed by atoms with Gasteiger partial charge in [0.25, 0.3) is 0 Å². The van der Waals surface area contributed by atoms with Gasteiger partial charge in [0.1, 0.15) is 0 Å². The van der Waals surface area contributed by atoms with E-state index in [2.05, 4.69) is 55.0 Å². The first-order valence-electron chi connectivity index (χ1n) is 7.44. The molecule has 0 fully saturated rings. The molecule has 0 heterocycles. The van der Waals surface area contributed by atoms with Crippen molar-refractivity contribution in [2.75, 3.05) is 0 Å². The number of hydrogen-bond acceptors (Lipinski definition) is 1. The fourth-order valence-corrected chi connectivity index (χ4v) is 6.93. The largest absolute Gasteiger partial charge is 0.478 e. The summed E-state index contributed by atoms with van der Waals surface area (Å²) in [4.78, 5) is 11.5. The van der Waals surface area contributed by atoms with Gasteiger partial charge in [-0.25, -0.2) is 4.79 Å². The highest BCUT2D eigenvalue weighted by Gasteiger charge is 2.46. The minimum absolute atomic E-state index is 0.190. The molecule has 0 rings (SSSR count). The van der Waals surface area contributed by atoms with Crippen LogP contribution in [0.2, 0.25) is 10.1 Å². The van der Waals surface area contributed by atoms with Crippen molar-refractivity contribution in [1.82, 2.24) is 0 Å². The molecule has 0 radical (unpaired) electrons. The van der Waals surface area contributed by atoms with Crippen LogP contribution in [-0.4, -0.2) is 20.6 Å². The summed E-state index contributed by atoms with van der Waals surface area (Å²) >= 11 is 0. The van der Waals surface area contributed by atoms with Crippen molar-refractivity contribution in [3.05, 3.63) is 12.2 Å². The van der Waals surface area contributed by atoms with Gasteiger partial charge in [0.05, 0.1) is 0 Å². The fraction of sp³-hybridized carbons (Fsp3) is 0.812. The Hall–Kier alpha value is -0.573. The molecule has 0 amide bonds. The van der Waals surface area contributed by atoms with Gasteiger partial charge in [-0.1, -0.05) is 67.9 Å². The van der Waals surface area contributed by atoms with Gasteiger partial charge in [0, 0.05) is 15.1 Å². The second-order valence-corrected chi connectivity index (χ2v) is 10.7.